The zero-order valence-electron chi connectivity index (χ0n) is 18.1. The fourth-order valence-electron chi connectivity index (χ4n) is 3.92. The van der Waals surface area contributed by atoms with Gasteiger partial charge in [-0.25, -0.2) is 13.4 Å². The van der Waals surface area contributed by atoms with Crippen LogP contribution in [0.5, 0.6) is 0 Å². The molecule has 2 heterocycles. The second kappa shape index (κ2) is 8.78. The van der Waals surface area contributed by atoms with Gasteiger partial charge in [-0.3, -0.25) is 14.6 Å². The Morgan fingerprint density at radius 1 is 1.03 bits per heavy atom. The first kappa shape index (κ1) is 22.1. The lowest BCUT2D eigenvalue weighted by Gasteiger charge is -2.28. The van der Waals surface area contributed by atoms with E-state index in [1.54, 1.807) is 25.3 Å². The summed E-state index contributed by atoms with van der Waals surface area (Å²) in [6.45, 7) is 3.85. The Balaban J connectivity index is 1.72. The van der Waals surface area contributed by atoms with Gasteiger partial charge in [0.05, 0.1) is 29.1 Å². The van der Waals surface area contributed by atoms with Crippen LogP contribution < -0.4 is 4.90 Å². The highest BCUT2D eigenvalue weighted by Gasteiger charge is 2.25. The molecule has 2 aliphatic rings. The molecule has 1 aromatic heterocycles. The summed E-state index contributed by atoms with van der Waals surface area (Å²) < 4.78 is 23.6. The van der Waals surface area contributed by atoms with E-state index >= 15 is 0 Å². The molecule has 1 aromatic carbocycles. The minimum Gasteiger partial charge on any atom is -0.353 e. The molecule has 0 saturated carbocycles. The van der Waals surface area contributed by atoms with Gasteiger partial charge in [0.2, 0.25) is 0 Å². The molecule has 1 aliphatic heterocycles. The molecule has 166 valence electrons. The van der Waals surface area contributed by atoms with E-state index in [1.165, 1.54) is 6.92 Å². The zero-order chi connectivity index (χ0) is 22.9. The summed E-state index contributed by atoms with van der Waals surface area (Å²) >= 11 is 0. The maximum atomic E-state index is 11.8. The van der Waals surface area contributed by atoms with Crippen LogP contribution in [0.1, 0.15) is 42.2 Å². The lowest BCUT2D eigenvalue weighted by atomic mass is 9.90. The maximum Gasteiger partial charge on any atom is 0.159 e. The van der Waals surface area contributed by atoms with Gasteiger partial charge in [0.1, 0.15) is 5.82 Å². The van der Waals surface area contributed by atoms with E-state index < -0.39 is 9.84 Å². The van der Waals surface area contributed by atoms with Crippen LogP contribution in [0.25, 0.3) is 11.3 Å². The standard InChI is InChI=1S/C24H25N3O4S/c1-16(28)18-3-7-20(8-4-18)23-24(21-9-5-19(6-10-21)17(2)29)26-22(15-25-23)27-11-13-32(30,31)14-12-27/h3-9,15,21H,10-14H2,1-2H3. The van der Waals surface area contributed by atoms with E-state index in [9.17, 15) is 18.0 Å². The van der Waals surface area contributed by atoms with Crippen molar-refractivity contribution >= 4 is 27.2 Å². The molecule has 0 spiro atoms. The third-order valence-electron chi connectivity index (χ3n) is 5.88. The van der Waals surface area contributed by atoms with Crippen LogP contribution in [0.3, 0.4) is 0 Å². The summed E-state index contributed by atoms with van der Waals surface area (Å²) in [6.07, 6.45) is 8.01. The van der Waals surface area contributed by atoms with Crippen molar-refractivity contribution in [2.24, 2.45) is 0 Å². The Hall–Kier alpha value is -3.13. The van der Waals surface area contributed by atoms with Crippen molar-refractivity contribution in [2.45, 2.75) is 26.2 Å². The number of carbonyl (C=O) groups is 2. The summed E-state index contributed by atoms with van der Waals surface area (Å²) in [4.78, 5) is 34.9. The van der Waals surface area contributed by atoms with Crippen LogP contribution in [-0.2, 0) is 14.6 Å². The van der Waals surface area contributed by atoms with Crippen molar-refractivity contribution in [3.05, 3.63) is 65.5 Å². The topological polar surface area (TPSA) is 97.3 Å². The maximum absolute atomic E-state index is 11.8. The highest BCUT2D eigenvalue weighted by atomic mass is 32.2. The molecule has 1 unspecified atom stereocenters. The van der Waals surface area contributed by atoms with Gasteiger partial charge >= 0.3 is 0 Å². The van der Waals surface area contributed by atoms with Gasteiger partial charge in [0.25, 0.3) is 0 Å². The number of anilines is 1. The molecule has 0 N–H and O–H groups in total. The van der Waals surface area contributed by atoms with E-state index in [4.69, 9.17) is 9.97 Å². The zero-order valence-corrected chi connectivity index (χ0v) is 18.9. The monoisotopic (exact) mass is 451 g/mol. The second-order valence-corrected chi connectivity index (χ2v) is 10.5. The first-order chi connectivity index (χ1) is 15.2. The number of carbonyl (C=O) groups excluding carboxylic acids is 2. The second-order valence-electron chi connectivity index (χ2n) is 8.15. The molecule has 1 saturated heterocycles. The minimum atomic E-state index is -3.00. The van der Waals surface area contributed by atoms with Gasteiger partial charge in [-0.15, -0.1) is 0 Å². The van der Waals surface area contributed by atoms with Gasteiger partial charge in [0.15, 0.2) is 21.4 Å². The summed E-state index contributed by atoms with van der Waals surface area (Å²) in [7, 11) is -3.00. The molecule has 1 aliphatic carbocycles. The predicted octanol–water partition coefficient (Wildman–Crippen LogP) is 3.14. The Kier molecular flexibility index (Phi) is 6.06. The number of nitrogens with zero attached hydrogens (tertiary/aromatic N) is 3. The molecule has 0 bridgehead atoms. The average molecular weight is 452 g/mol. The van der Waals surface area contributed by atoms with E-state index in [1.807, 2.05) is 35.3 Å². The number of rotatable bonds is 5. The third-order valence-corrected chi connectivity index (χ3v) is 7.49. The van der Waals surface area contributed by atoms with Crippen molar-refractivity contribution in [1.29, 1.82) is 0 Å². The molecule has 1 atom stereocenters. The first-order valence-corrected chi connectivity index (χ1v) is 12.4. The number of benzene rings is 1. The number of sulfone groups is 1. The predicted molar refractivity (Wildman–Crippen MR) is 124 cm³/mol. The molecule has 32 heavy (non-hydrogen) atoms. The van der Waals surface area contributed by atoms with E-state index in [2.05, 4.69) is 0 Å². The van der Waals surface area contributed by atoms with Crippen LogP contribution in [0, 0.1) is 0 Å². The van der Waals surface area contributed by atoms with Crippen LogP contribution >= 0.6 is 0 Å². The van der Waals surface area contributed by atoms with Crippen molar-refractivity contribution in [3.8, 4) is 11.3 Å². The SMILES string of the molecule is CC(=O)C1=CCC(c2nc(N3CCS(=O)(=O)CC3)cnc2-c2ccc(C(C)=O)cc2)C=C1. The third kappa shape index (κ3) is 4.70. The highest BCUT2D eigenvalue weighted by Crippen LogP contribution is 2.34. The summed E-state index contributed by atoms with van der Waals surface area (Å²) in [5.74, 6) is 0.804. The Labute approximate surface area is 187 Å². The lowest BCUT2D eigenvalue weighted by Crippen LogP contribution is -2.40. The molecule has 4 rings (SSSR count). The van der Waals surface area contributed by atoms with E-state index in [-0.39, 0.29) is 29.0 Å². The van der Waals surface area contributed by atoms with Gasteiger partial charge in [-0.2, -0.15) is 0 Å². The molecular formula is C24H25N3O4S. The number of hydrogen-bond acceptors (Lipinski definition) is 7. The smallest absolute Gasteiger partial charge is 0.159 e. The van der Waals surface area contributed by atoms with Gasteiger partial charge < -0.3 is 4.90 Å². The Morgan fingerprint density at radius 3 is 2.28 bits per heavy atom. The minimum absolute atomic E-state index is 0.00429. The quantitative estimate of drug-likeness (QED) is 0.644. The molecular weight excluding hydrogens is 426 g/mol. The summed E-state index contributed by atoms with van der Waals surface area (Å²) in [5.41, 5.74) is 3.63. The first-order valence-electron chi connectivity index (χ1n) is 10.6. The molecule has 7 nitrogen and oxygen atoms in total. The van der Waals surface area contributed by atoms with Gasteiger partial charge in [0, 0.05) is 35.7 Å². The summed E-state index contributed by atoms with van der Waals surface area (Å²) in [5, 5.41) is 0. The number of aromatic nitrogens is 2. The lowest BCUT2D eigenvalue weighted by molar-refractivity contribution is -0.113. The average Bonchev–Trinajstić information content (AvgIpc) is 2.79. The Morgan fingerprint density at radius 2 is 1.72 bits per heavy atom. The fraction of sp³-hybridized carbons (Fsp3) is 0.333. The molecule has 8 heteroatoms. The normalized spacial score (nSPS) is 20.0. The van der Waals surface area contributed by atoms with Crippen molar-refractivity contribution in [2.75, 3.05) is 29.5 Å². The largest absolute Gasteiger partial charge is 0.353 e. The highest BCUT2D eigenvalue weighted by molar-refractivity contribution is 7.91. The van der Waals surface area contributed by atoms with E-state index in [0.717, 1.165) is 11.3 Å². The van der Waals surface area contributed by atoms with Crippen LogP contribution in [-0.4, -0.2) is 54.5 Å². The van der Waals surface area contributed by atoms with Crippen LogP contribution in [0.2, 0.25) is 0 Å². The number of allylic oxidation sites excluding steroid dienone is 4. The molecule has 2 aromatic rings. The van der Waals surface area contributed by atoms with Gasteiger partial charge in [-0.1, -0.05) is 42.5 Å². The number of hydrogen-bond donors (Lipinski definition) is 0. The molecule has 0 radical (unpaired) electrons. The number of Topliss-reactive ketones (excluding diaryl/α,β-unsaturated/α-hetero) is 2. The molecule has 1 fully saturated rings. The fourth-order valence-corrected chi connectivity index (χ4v) is 5.12. The van der Waals surface area contributed by atoms with Crippen LogP contribution in [0.4, 0.5) is 5.82 Å². The van der Waals surface area contributed by atoms with Crippen molar-refractivity contribution < 1.29 is 18.0 Å². The van der Waals surface area contributed by atoms with Crippen molar-refractivity contribution in [1.82, 2.24) is 9.97 Å². The summed E-state index contributed by atoms with van der Waals surface area (Å²) in [6, 6.07) is 7.27. The van der Waals surface area contributed by atoms with E-state index in [0.29, 0.717) is 42.2 Å². The number of ketones is 2. The Bertz CT molecular complexity index is 1220. The molecule has 0 amide bonds. The van der Waals surface area contributed by atoms with Crippen molar-refractivity contribution in [3.63, 3.8) is 0 Å². The van der Waals surface area contributed by atoms with Gasteiger partial charge in [-0.05, 0) is 20.3 Å². The van der Waals surface area contributed by atoms with Crippen LogP contribution in [0.15, 0.2) is 54.3 Å².